The van der Waals surface area contributed by atoms with E-state index in [0.717, 1.165) is 24.6 Å². The van der Waals surface area contributed by atoms with Gasteiger partial charge in [-0.1, -0.05) is 6.07 Å². The van der Waals surface area contributed by atoms with Gasteiger partial charge in [-0.2, -0.15) is 0 Å². The van der Waals surface area contributed by atoms with Crippen LogP contribution in [0.4, 0.5) is 4.39 Å². The van der Waals surface area contributed by atoms with Crippen LogP contribution in [0.25, 0.3) is 6.08 Å². The molecule has 1 aliphatic heterocycles. The molecule has 1 aromatic carbocycles. The van der Waals surface area contributed by atoms with Gasteiger partial charge in [-0.3, -0.25) is 4.79 Å². The molecule has 112 valence electrons. The fraction of sp³-hybridized carbons (Fsp3) is 0.333. The van der Waals surface area contributed by atoms with Crippen LogP contribution in [0.2, 0.25) is 0 Å². The number of hydrogen-bond acceptors (Lipinski definition) is 3. The summed E-state index contributed by atoms with van der Waals surface area (Å²) in [4.78, 5) is 24.2. The standard InChI is InChI=1S/C15H16FNO4/c1-17(12-6-7-21-9-12)15(20)11-3-2-10(13(16)8-11)4-5-14(18)19/h2-5,8,12H,6-7,9H2,1H3,(H,18,19)/b5-4+. The molecule has 1 aliphatic rings. The molecule has 1 aromatic rings. The first-order valence-corrected chi connectivity index (χ1v) is 6.54. The number of benzene rings is 1. The number of rotatable bonds is 4. The summed E-state index contributed by atoms with van der Waals surface area (Å²) in [7, 11) is 1.66. The van der Waals surface area contributed by atoms with E-state index < -0.39 is 11.8 Å². The third-order valence-electron chi connectivity index (χ3n) is 3.43. The van der Waals surface area contributed by atoms with Gasteiger partial charge in [0.1, 0.15) is 5.82 Å². The van der Waals surface area contributed by atoms with E-state index in [1.54, 1.807) is 11.9 Å². The Hall–Kier alpha value is -2.21. The number of likely N-dealkylation sites (N-methyl/N-ethyl adjacent to an activating group) is 1. The summed E-state index contributed by atoms with van der Waals surface area (Å²) in [6, 6.07) is 4.00. The van der Waals surface area contributed by atoms with Gasteiger partial charge in [0, 0.05) is 30.9 Å². The Morgan fingerprint density at radius 1 is 1.48 bits per heavy atom. The Morgan fingerprint density at radius 2 is 2.24 bits per heavy atom. The maximum absolute atomic E-state index is 13.9. The predicted octanol–water partition coefficient (Wildman–Crippen LogP) is 1.78. The first-order chi connectivity index (χ1) is 9.99. The van der Waals surface area contributed by atoms with E-state index in [1.807, 2.05) is 0 Å². The van der Waals surface area contributed by atoms with E-state index in [1.165, 1.54) is 12.1 Å². The number of halogens is 1. The Bertz CT molecular complexity index is 579. The van der Waals surface area contributed by atoms with Gasteiger partial charge in [0.15, 0.2) is 0 Å². The lowest BCUT2D eigenvalue weighted by Gasteiger charge is -2.23. The van der Waals surface area contributed by atoms with Crippen molar-refractivity contribution in [2.75, 3.05) is 20.3 Å². The van der Waals surface area contributed by atoms with Crippen molar-refractivity contribution in [1.29, 1.82) is 0 Å². The highest BCUT2D eigenvalue weighted by atomic mass is 19.1. The summed E-state index contributed by atoms with van der Waals surface area (Å²) in [5.74, 6) is -2.07. The molecule has 1 saturated heterocycles. The Kier molecular flexibility index (Phi) is 4.70. The molecule has 1 N–H and O–H groups in total. The third-order valence-corrected chi connectivity index (χ3v) is 3.43. The van der Waals surface area contributed by atoms with Crippen molar-refractivity contribution in [3.63, 3.8) is 0 Å². The lowest BCUT2D eigenvalue weighted by molar-refractivity contribution is -0.131. The number of carbonyl (C=O) groups excluding carboxylic acids is 1. The smallest absolute Gasteiger partial charge is 0.328 e. The SMILES string of the molecule is CN(C(=O)c1ccc(/C=C/C(=O)O)c(F)c1)C1CCOC1. The molecule has 6 heteroatoms. The maximum Gasteiger partial charge on any atom is 0.328 e. The summed E-state index contributed by atoms with van der Waals surface area (Å²) < 4.78 is 19.1. The van der Waals surface area contributed by atoms with Gasteiger partial charge in [-0.05, 0) is 24.6 Å². The Labute approximate surface area is 121 Å². The largest absolute Gasteiger partial charge is 0.478 e. The van der Waals surface area contributed by atoms with Crippen LogP contribution in [0, 0.1) is 5.82 Å². The molecule has 21 heavy (non-hydrogen) atoms. The number of carboxylic acid groups (broad SMARTS) is 1. The average molecular weight is 293 g/mol. The summed E-state index contributed by atoms with van der Waals surface area (Å²) >= 11 is 0. The zero-order valence-electron chi connectivity index (χ0n) is 11.6. The Balaban J connectivity index is 2.15. The van der Waals surface area contributed by atoms with Crippen LogP contribution >= 0.6 is 0 Å². The Morgan fingerprint density at radius 3 is 2.81 bits per heavy atom. The second kappa shape index (κ2) is 6.49. The maximum atomic E-state index is 13.9. The summed E-state index contributed by atoms with van der Waals surface area (Å²) in [6.45, 7) is 1.11. The van der Waals surface area contributed by atoms with E-state index in [9.17, 15) is 14.0 Å². The van der Waals surface area contributed by atoms with Crippen molar-refractivity contribution >= 4 is 18.0 Å². The molecule has 1 fully saturated rings. The van der Waals surface area contributed by atoms with Crippen LogP contribution < -0.4 is 0 Å². The molecule has 0 radical (unpaired) electrons. The lowest BCUT2D eigenvalue weighted by Crippen LogP contribution is -2.37. The van der Waals surface area contributed by atoms with Gasteiger partial charge in [-0.25, -0.2) is 9.18 Å². The van der Waals surface area contributed by atoms with Crippen molar-refractivity contribution in [3.05, 3.63) is 41.2 Å². The fourth-order valence-electron chi connectivity index (χ4n) is 2.15. The number of amides is 1. The number of hydrogen-bond donors (Lipinski definition) is 1. The van der Waals surface area contributed by atoms with E-state index in [0.29, 0.717) is 13.2 Å². The fourth-order valence-corrected chi connectivity index (χ4v) is 2.15. The molecule has 1 unspecified atom stereocenters. The van der Waals surface area contributed by atoms with Crippen LogP contribution in [-0.2, 0) is 9.53 Å². The highest BCUT2D eigenvalue weighted by Crippen LogP contribution is 2.17. The monoisotopic (exact) mass is 293 g/mol. The molecular weight excluding hydrogens is 277 g/mol. The normalized spacial score (nSPS) is 18.1. The van der Waals surface area contributed by atoms with Crippen LogP contribution in [0.3, 0.4) is 0 Å². The molecule has 0 spiro atoms. The number of carbonyl (C=O) groups is 2. The summed E-state index contributed by atoms with van der Waals surface area (Å²) in [5, 5.41) is 8.52. The second-order valence-electron chi connectivity index (χ2n) is 4.84. The van der Waals surface area contributed by atoms with Crippen LogP contribution in [0.5, 0.6) is 0 Å². The quantitative estimate of drug-likeness (QED) is 0.859. The molecule has 0 saturated carbocycles. The molecule has 5 nitrogen and oxygen atoms in total. The highest BCUT2D eigenvalue weighted by Gasteiger charge is 2.25. The molecule has 0 bridgehead atoms. The summed E-state index contributed by atoms with van der Waals surface area (Å²) in [6.07, 6.45) is 2.77. The minimum absolute atomic E-state index is 0.00661. The van der Waals surface area contributed by atoms with Gasteiger partial charge in [-0.15, -0.1) is 0 Å². The van der Waals surface area contributed by atoms with Crippen molar-refractivity contribution < 1.29 is 23.8 Å². The van der Waals surface area contributed by atoms with E-state index in [4.69, 9.17) is 9.84 Å². The van der Waals surface area contributed by atoms with Crippen molar-refractivity contribution in [3.8, 4) is 0 Å². The number of ether oxygens (including phenoxy) is 1. The van der Waals surface area contributed by atoms with Gasteiger partial charge >= 0.3 is 5.97 Å². The van der Waals surface area contributed by atoms with Crippen LogP contribution in [-0.4, -0.2) is 48.2 Å². The van der Waals surface area contributed by atoms with Crippen molar-refractivity contribution in [1.82, 2.24) is 4.90 Å². The van der Waals surface area contributed by atoms with E-state index >= 15 is 0 Å². The lowest BCUT2D eigenvalue weighted by atomic mass is 10.1. The zero-order chi connectivity index (χ0) is 15.4. The van der Waals surface area contributed by atoms with Crippen molar-refractivity contribution in [2.45, 2.75) is 12.5 Å². The van der Waals surface area contributed by atoms with Crippen LogP contribution in [0.15, 0.2) is 24.3 Å². The van der Waals surface area contributed by atoms with Gasteiger partial charge in [0.05, 0.1) is 12.6 Å². The predicted molar refractivity (Wildman–Crippen MR) is 74.4 cm³/mol. The molecular formula is C15H16FNO4. The molecule has 0 aliphatic carbocycles. The topological polar surface area (TPSA) is 66.8 Å². The molecule has 1 atom stereocenters. The average Bonchev–Trinajstić information content (AvgIpc) is 2.98. The minimum Gasteiger partial charge on any atom is -0.478 e. The van der Waals surface area contributed by atoms with E-state index in [-0.39, 0.29) is 23.1 Å². The van der Waals surface area contributed by atoms with Crippen LogP contribution in [0.1, 0.15) is 22.3 Å². The van der Waals surface area contributed by atoms with Crippen molar-refractivity contribution in [2.24, 2.45) is 0 Å². The number of carboxylic acids is 1. The molecule has 0 aromatic heterocycles. The number of aliphatic carboxylic acids is 1. The second-order valence-corrected chi connectivity index (χ2v) is 4.84. The van der Waals surface area contributed by atoms with Gasteiger partial charge in [0.25, 0.3) is 5.91 Å². The van der Waals surface area contributed by atoms with Gasteiger partial charge < -0.3 is 14.7 Å². The third kappa shape index (κ3) is 3.66. The first-order valence-electron chi connectivity index (χ1n) is 6.54. The first kappa shape index (κ1) is 15.2. The molecule has 1 heterocycles. The molecule has 2 rings (SSSR count). The van der Waals surface area contributed by atoms with E-state index in [2.05, 4.69) is 0 Å². The van der Waals surface area contributed by atoms with Gasteiger partial charge in [0.2, 0.25) is 0 Å². The zero-order valence-corrected chi connectivity index (χ0v) is 11.6. The summed E-state index contributed by atoms with van der Waals surface area (Å²) in [5.41, 5.74) is 0.357. The minimum atomic E-state index is -1.16. The highest BCUT2D eigenvalue weighted by molar-refractivity contribution is 5.94. The number of nitrogens with zero attached hydrogens (tertiary/aromatic N) is 1. The molecule has 1 amide bonds.